The van der Waals surface area contributed by atoms with Gasteiger partial charge in [-0.3, -0.25) is 0 Å². The third-order valence-corrected chi connectivity index (χ3v) is 2.90. The average Bonchev–Trinajstić information content (AvgIpc) is 2.20. The quantitative estimate of drug-likeness (QED) is 0.891. The van der Waals surface area contributed by atoms with Crippen molar-refractivity contribution < 1.29 is 9.50 Å². The Morgan fingerprint density at radius 3 is 2.53 bits per heavy atom. The molecule has 1 aromatic carbocycles. The van der Waals surface area contributed by atoms with Crippen LogP contribution in [0.5, 0.6) is 0 Å². The van der Waals surface area contributed by atoms with Crippen LogP contribution in [0.25, 0.3) is 0 Å². The van der Waals surface area contributed by atoms with Gasteiger partial charge in [-0.15, -0.1) is 0 Å². The highest BCUT2D eigenvalue weighted by molar-refractivity contribution is 9.10. The van der Waals surface area contributed by atoms with Crippen LogP contribution in [0.3, 0.4) is 0 Å². The van der Waals surface area contributed by atoms with E-state index in [9.17, 15) is 4.39 Å². The molecule has 0 heterocycles. The summed E-state index contributed by atoms with van der Waals surface area (Å²) >= 11 is 3.15. The Hall–Kier alpha value is -0.450. The smallest absolute Gasteiger partial charge is 0.140 e. The molecule has 0 saturated heterocycles. The predicted molar refractivity (Wildman–Crippen MR) is 62.2 cm³/mol. The number of aliphatic hydroxyl groups excluding tert-OH is 1. The largest absolute Gasteiger partial charge is 0.394 e. The standard InChI is InChI=1S/C11H15BrFNO/c1-6(2)8-3-7(10(14)5-15)4-9(12)11(8)13/h3-4,6,10,15H,5,14H2,1-2H3. The van der Waals surface area contributed by atoms with Gasteiger partial charge in [0, 0.05) is 0 Å². The molecule has 1 unspecified atom stereocenters. The molecule has 2 nitrogen and oxygen atoms in total. The molecule has 0 aliphatic carbocycles. The molecule has 0 aliphatic heterocycles. The topological polar surface area (TPSA) is 46.2 Å². The summed E-state index contributed by atoms with van der Waals surface area (Å²) in [5.74, 6) is -0.161. The predicted octanol–water partition coefficient (Wildman–Crippen LogP) is 2.70. The summed E-state index contributed by atoms with van der Waals surface area (Å²) in [6.45, 7) is 3.69. The molecule has 1 aromatic rings. The number of hydrogen-bond donors (Lipinski definition) is 2. The zero-order valence-corrected chi connectivity index (χ0v) is 10.4. The Morgan fingerprint density at radius 1 is 1.47 bits per heavy atom. The van der Waals surface area contributed by atoms with Gasteiger partial charge >= 0.3 is 0 Å². The minimum absolute atomic E-state index is 0.0899. The molecule has 0 spiro atoms. The zero-order chi connectivity index (χ0) is 11.6. The van der Waals surface area contributed by atoms with Crippen LogP contribution in [-0.4, -0.2) is 11.7 Å². The van der Waals surface area contributed by atoms with Gasteiger partial charge in [-0.2, -0.15) is 0 Å². The lowest BCUT2D eigenvalue weighted by Gasteiger charge is -2.14. The van der Waals surface area contributed by atoms with Crippen LogP contribution in [0.1, 0.15) is 36.9 Å². The van der Waals surface area contributed by atoms with E-state index < -0.39 is 6.04 Å². The molecule has 15 heavy (non-hydrogen) atoms. The summed E-state index contributed by atoms with van der Waals surface area (Å²) < 4.78 is 14.0. The van der Waals surface area contributed by atoms with Crippen LogP contribution in [0.15, 0.2) is 16.6 Å². The number of nitrogens with two attached hydrogens (primary N) is 1. The van der Waals surface area contributed by atoms with Gasteiger partial charge in [-0.25, -0.2) is 4.39 Å². The van der Waals surface area contributed by atoms with Crippen molar-refractivity contribution in [1.82, 2.24) is 0 Å². The highest BCUT2D eigenvalue weighted by Gasteiger charge is 2.14. The summed E-state index contributed by atoms with van der Waals surface area (Å²) in [5.41, 5.74) is 7.05. The Bertz CT molecular complexity index is 355. The van der Waals surface area contributed by atoms with E-state index in [4.69, 9.17) is 10.8 Å². The number of hydrogen-bond acceptors (Lipinski definition) is 2. The first-order valence-corrected chi connectivity index (χ1v) is 5.62. The molecule has 0 radical (unpaired) electrons. The summed E-state index contributed by atoms with van der Waals surface area (Å²) in [5, 5.41) is 8.94. The van der Waals surface area contributed by atoms with Crippen molar-refractivity contribution in [3.05, 3.63) is 33.5 Å². The van der Waals surface area contributed by atoms with E-state index in [0.717, 1.165) is 5.56 Å². The fourth-order valence-corrected chi connectivity index (χ4v) is 1.87. The van der Waals surface area contributed by atoms with E-state index in [2.05, 4.69) is 15.9 Å². The fourth-order valence-electron chi connectivity index (χ4n) is 1.37. The summed E-state index contributed by atoms with van der Waals surface area (Å²) in [6.07, 6.45) is 0. The summed E-state index contributed by atoms with van der Waals surface area (Å²) in [6, 6.07) is 2.87. The summed E-state index contributed by atoms with van der Waals surface area (Å²) in [7, 11) is 0. The van der Waals surface area contributed by atoms with E-state index in [1.54, 1.807) is 12.1 Å². The fraction of sp³-hybridized carbons (Fsp3) is 0.455. The van der Waals surface area contributed by atoms with Crippen molar-refractivity contribution in [3.8, 4) is 0 Å². The molecule has 0 aliphatic rings. The molecular formula is C11H15BrFNO. The normalized spacial score (nSPS) is 13.3. The van der Waals surface area contributed by atoms with Crippen LogP contribution in [0.2, 0.25) is 0 Å². The van der Waals surface area contributed by atoms with Crippen molar-refractivity contribution in [1.29, 1.82) is 0 Å². The van der Waals surface area contributed by atoms with Crippen molar-refractivity contribution in [3.63, 3.8) is 0 Å². The average molecular weight is 276 g/mol. The van der Waals surface area contributed by atoms with Gasteiger partial charge in [0.1, 0.15) is 5.82 Å². The molecule has 0 amide bonds. The Kier molecular flexibility index (Phi) is 4.25. The minimum atomic E-state index is -0.459. The molecule has 0 fully saturated rings. The molecule has 4 heteroatoms. The maximum Gasteiger partial charge on any atom is 0.140 e. The van der Waals surface area contributed by atoms with Crippen LogP contribution < -0.4 is 5.73 Å². The highest BCUT2D eigenvalue weighted by Crippen LogP contribution is 2.28. The van der Waals surface area contributed by atoms with E-state index >= 15 is 0 Å². The first kappa shape index (κ1) is 12.6. The number of rotatable bonds is 3. The maximum absolute atomic E-state index is 13.6. The van der Waals surface area contributed by atoms with Crippen molar-refractivity contribution in [2.75, 3.05) is 6.61 Å². The highest BCUT2D eigenvalue weighted by atomic mass is 79.9. The lowest BCUT2D eigenvalue weighted by atomic mass is 9.97. The zero-order valence-electron chi connectivity index (χ0n) is 8.80. The SMILES string of the molecule is CC(C)c1cc(C(N)CO)cc(Br)c1F. The minimum Gasteiger partial charge on any atom is -0.394 e. The number of halogens is 2. The molecule has 0 aromatic heterocycles. The van der Waals surface area contributed by atoms with Crippen molar-refractivity contribution >= 4 is 15.9 Å². The second kappa shape index (κ2) is 5.05. The molecule has 0 bridgehead atoms. The summed E-state index contributed by atoms with van der Waals surface area (Å²) in [4.78, 5) is 0. The van der Waals surface area contributed by atoms with Gasteiger partial charge in [0.2, 0.25) is 0 Å². The van der Waals surface area contributed by atoms with Gasteiger partial charge in [0.15, 0.2) is 0 Å². The van der Waals surface area contributed by atoms with Gasteiger partial charge < -0.3 is 10.8 Å². The lowest BCUT2D eigenvalue weighted by molar-refractivity contribution is 0.268. The van der Waals surface area contributed by atoms with Crippen molar-refractivity contribution in [2.45, 2.75) is 25.8 Å². The molecule has 3 N–H and O–H groups in total. The third-order valence-electron chi connectivity index (χ3n) is 2.33. The van der Waals surface area contributed by atoms with E-state index in [-0.39, 0.29) is 18.3 Å². The number of aliphatic hydroxyl groups is 1. The van der Waals surface area contributed by atoms with Crippen LogP contribution in [-0.2, 0) is 0 Å². The molecule has 1 atom stereocenters. The monoisotopic (exact) mass is 275 g/mol. The van der Waals surface area contributed by atoms with Gasteiger partial charge in [-0.1, -0.05) is 19.9 Å². The second-order valence-corrected chi connectivity index (χ2v) is 4.70. The Balaban J connectivity index is 3.23. The van der Waals surface area contributed by atoms with Crippen LogP contribution >= 0.6 is 15.9 Å². The number of benzene rings is 1. The van der Waals surface area contributed by atoms with Gasteiger partial charge in [0.25, 0.3) is 0 Å². The van der Waals surface area contributed by atoms with Crippen LogP contribution in [0.4, 0.5) is 4.39 Å². The molecule has 0 saturated carbocycles. The van der Waals surface area contributed by atoms with E-state index in [1.165, 1.54) is 0 Å². The van der Waals surface area contributed by atoms with Gasteiger partial charge in [-0.05, 0) is 39.0 Å². The van der Waals surface area contributed by atoms with E-state index in [1.807, 2.05) is 13.8 Å². The first-order valence-electron chi connectivity index (χ1n) is 4.82. The Morgan fingerprint density at radius 2 is 2.07 bits per heavy atom. The van der Waals surface area contributed by atoms with E-state index in [0.29, 0.717) is 10.0 Å². The third kappa shape index (κ3) is 2.77. The first-order chi connectivity index (χ1) is 6.97. The lowest BCUT2D eigenvalue weighted by Crippen LogP contribution is -2.15. The second-order valence-electron chi connectivity index (χ2n) is 3.85. The van der Waals surface area contributed by atoms with Crippen molar-refractivity contribution in [2.24, 2.45) is 5.73 Å². The molecule has 1 rings (SSSR count). The van der Waals surface area contributed by atoms with Gasteiger partial charge in [0.05, 0.1) is 17.1 Å². The van der Waals surface area contributed by atoms with Crippen LogP contribution in [0, 0.1) is 5.82 Å². The Labute approximate surface area is 97.4 Å². The molecule has 84 valence electrons. The molecular weight excluding hydrogens is 261 g/mol. The maximum atomic E-state index is 13.6.